The molecule has 62 heavy (non-hydrogen) atoms. The van der Waals surface area contributed by atoms with Crippen LogP contribution in [0, 0.1) is 23.7 Å². The van der Waals surface area contributed by atoms with Crippen LogP contribution in [0.3, 0.4) is 0 Å². The van der Waals surface area contributed by atoms with E-state index in [9.17, 15) is 58.8 Å². The molecule has 0 heterocycles. The average molecular weight is 858 g/mol. The van der Waals surface area contributed by atoms with Crippen LogP contribution in [-0.2, 0) is 57.6 Å². The number of Topliss-reactive ketones (excluding diaryl/α,β-unsaturated/α-hetero) is 3. The number of hydrogen-bond acceptors (Lipinski definition) is 10. The van der Waals surface area contributed by atoms with E-state index in [0.29, 0.717) is 23.1 Å². The van der Waals surface area contributed by atoms with Gasteiger partial charge in [0.25, 0.3) is 0 Å². The van der Waals surface area contributed by atoms with E-state index in [0.717, 1.165) is 0 Å². The Kier molecular flexibility index (Phi) is 20.0. The van der Waals surface area contributed by atoms with Crippen molar-refractivity contribution in [2.45, 2.75) is 110 Å². The number of benzene rings is 3. The standard InChI is InChI=1S/C47H59N3O12/c1-5-28(3)36(46(60)49-37(20-21-44(57)58)41(54)26-33(47(61)62)23-31-12-16-34(51)17-13-31)27-42(55)39(24-30-10-8-7-9-11-30)50-45(59)29(4)22-40(53)38(48-43(56)6-2)25-32-14-18-35(52)19-15-32/h7-19,28-29,33,36-39,51-52H,5-6,20-27H2,1-4H3,(H,48,56)(H,49,60)(H,50,59)(H,57,58)(H,61,62)/t28-,29+,33+,36-,37-,38-,39-/m0/s1. The molecule has 0 unspecified atom stereocenters. The number of ketones is 3. The first kappa shape index (κ1) is 50.0. The summed E-state index contributed by atoms with van der Waals surface area (Å²) in [6.07, 6.45) is -1.34. The molecular formula is C47H59N3O12. The Balaban J connectivity index is 1.82. The van der Waals surface area contributed by atoms with E-state index < -0.39 is 95.7 Å². The molecule has 15 nitrogen and oxygen atoms in total. The minimum atomic E-state index is -1.37. The van der Waals surface area contributed by atoms with Crippen molar-refractivity contribution in [1.29, 1.82) is 0 Å². The van der Waals surface area contributed by atoms with Crippen LogP contribution in [0.1, 0.15) is 89.3 Å². The number of hydrogen-bond donors (Lipinski definition) is 7. The number of nitrogens with one attached hydrogen (secondary N) is 3. The molecule has 0 aromatic heterocycles. The maximum atomic E-state index is 14.3. The molecule has 0 aliphatic heterocycles. The van der Waals surface area contributed by atoms with Crippen molar-refractivity contribution < 1.29 is 58.8 Å². The van der Waals surface area contributed by atoms with Crippen LogP contribution in [0.15, 0.2) is 78.9 Å². The summed E-state index contributed by atoms with van der Waals surface area (Å²) in [7, 11) is 0. The second-order valence-corrected chi connectivity index (χ2v) is 15.9. The summed E-state index contributed by atoms with van der Waals surface area (Å²) < 4.78 is 0. The van der Waals surface area contributed by atoms with Crippen molar-refractivity contribution in [3.63, 3.8) is 0 Å². The first-order valence-corrected chi connectivity index (χ1v) is 20.9. The summed E-state index contributed by atoms with van der Waals surface area (Å²) in [4.78, 5) is 105. The molecule has 0 bridgehead atoms. The molecule has 0 saturated heterocycles. The van der Waals surface area contributed by atoms with Crippen LogP contribution >= 0.6 is 0 Å². The normalized spacial score (nSPS) is 14.5. The number of carboxylic acid groups (broad SMARTS) is 2. The molecule has 7 N–H and O–H groups in total. The van der Waals surface area contributed by atoms with E-state index in [1.54, 1.807) is 56.3 Å². The fourth-order valence-corrected chi connectivity index (χ4v) is 6.96. The van der Waals surface area contributed by atoms with Gasteiger partial charge in [0.05, 0.1) is 24.0 Å². The van der Waals surface area contributed by atoms with Gasteiger partial charge in [-0.05, 0) is 72.6 Å². The summed E-state index contributed by atoms with van der Waals surface area (Å²) in [6.45, 7) is 6.72. The molecule has 0 spiro atoms. The molecule has 7 atom stereocenters. The first-order valence-electron chi connectivity index (χ1n) is 20.9. The van der Waals surface area contributed by atoms with Crippen molar-refractivity contribution in [1.82, 2.24) is 16.0 Å². The van der Waals surface area contributed by atoms with Crippen molar-refractivity contribution in [2.24, 2.45) is 23.7 Å². The zero-order valence-electron chi connectivity index (χ0n) is 35.7. The number of aromatic hydroxyl groups is 2. The lowest BCUT2D eigenvalue weighted by molar-refractivity contribution is -0.144. The van der Waals surface area contributed by atoms with Crippen molar-refractivity contribution >= 4 is 47.0 Å². The lowest BCUT2D eigenvalue weighted by atomic mass is 9.83. The number of rotatable bonds is 27. The number of phenolic OH excluding ortho intramolecular Hbond substituents is 2. The van der Waals surface area contributed by atoms with E-state index in [4.69, 9.17) is 0 Å². The van der Waals surface area contributed by atoms with E-state index in [-0.39, 0.29) is 62.4 Å². The Morgan fingerprint density at radius 3 is 1.56 bits per heavy atom. The summed E-state index contributed by atoms with van der Waals surface area (Å²) in [5.74, 6) is -9.41. The highest BCUT2D eigenvalue weighted by molar-refractivity contribution is 5.97. The van der Waals surface area contributed by atoms with Crippen LogP contribution < -0.4 is 16.0 Å². The zero-order valence-corrected chi connectivity index (χ0v) is 35.7. The van der Waals surface area contributed by atoms with Gasteiger partial charge in [0.1, 0.15) is 11.5 Å². The molecule has 3 rings (SSSR count). The molecule has 0 radical (unpaired) electrons. The van der Waals surface area contributed by atoms with Crippen LogP contribution in [0.5, 0.6) is 11.5 Å². The molecule has 0 fully saturated rings. The fourth-order valence-electron chi connectivity index (χ4n) is 6.96. The van der Waals surface area contributed by atoms with Gasteiger partial charge < -0.3 is 36.4 Å². The van der Waals surface area contributed by atoms with Gasteiger partial charge in [-0.2, -0.15) is 0 Å². The zero-order chi connectivity index (χ0) is 45.9. The third kappa shape index (κ3) is 16.6. The van der Waals surface area contributed by atoms with Gasteiger partial charge in [0, 0.05) is 43.9 Å². The van der Waals surface area contributed by atoms with Crippen molar-refractivity contribution in [2.75, 3.05) is 0 Å². The third-order valence-electron chi connectivity index (χ3n) is 11.0. The Morgan fingerprint density at radius 2 is 1.05 bits per heavy atom. The van der Waals surface area contributed by atoms with Crippen LogP contribution in [0.4, 0.5) is 0 Å². The van der Waals surface area contributed by atoms with Gasteiger partial charge in [-0.25, -0.2) is 0 Å². The lowest BCUT2D eigenvalue weighted by Gasteiger charge is -2.28. The molecule has 3 aromatic rings. The molecule has 0 aliphatic carbocycles. The van der Waals surface area contributed by atoms with E-state index in [1.807, 2.05) is 6.92 Å². The Labute approximate surface area is 361 Å². The minimum Gasteiger partial charge on any atom is -0.508 e. The fraction of sp³-hybridized carbons (Fsp3) is 0.447. The number of carbonyl (C=O) groups is 8. The lowest BCUT2D eigenvalue weighted by Crippen LogP contribution is -2.49. The highest BCUT2D eigenvalue weighted by Gasteiger charge is 2.35. The summed E-state index contributed by atoms with van der Waals surface area (Å²) in [5, 5.41) is 46.8. The number of aliphatic carboxylic acids is 2. The smallest absolute Gasteiger partial charge is 0.307 e. The number of carbonyl (C=O) groups excluding carboxylic acids is 6. The molecular weight excluding hydrogens is 799 g/mol. The second-order valence-electron chi connectivity index (χ2n) is 15.9. The average Bonchev–Trinajstić information content (AvgIpc) is 3.24. The van der Waals surface area contributed by atoms with E-state index in [2.05, 4.69) is 16.0 Å². The maximum Gasteiger partial charge on any atom is 0.307 e. The van der Waals surface area contributed by atoms with Gasteiger partial charge in [-0.3, -0.25) is 38.4 Å². The molecule has 334 valence electrons. The third-order valence-corrected chi connectivity index (χ3v) is 11.0. The molecule has 15 heteroatoms. The van der Waals surface area contributed by atoms with Crippen molar-refractivity contribution in [3.05, 3.63) is 95.6 Å². The van der Waals surface area contributed by atoms with Gasteiger partial charge in [-0.15, -0.1) is 0 Å². The Morgan fingerprint density at radius 1 is 0.565 bits per heavy atom. The van der Waals surface area contributed by atoms with Gasteiger partial charge >= 0.3 is 11.9 Å². The van der Waals surface area contributed by atoms with E-state index in [1.165, 1.54) is 43.3 Å². The summed E-state index contributed by atoms with van der Waals surface area (Å²) in [6, 6.07) is 17.4. The minimum absolute atomic E-state index is 0.0233. The predicted molar refractivity (Wildman–Crippen MR) is 229 cm³/mol. The summed E-state index contributed by atoms with van der Waals surface area (Å²) in [5.41, 5.74) is 1.92. The highest BCUT2D eigenvalue weighted by Crippen LogP contribution is 2.24. The van der Waals surface area contributed by atoms with Crippen LogP contribution in [0.25, 0.3) is 0 Å². The van der Waals surface area contributed by atoms with Crippen LogP contribution in [-0.4, -0.2) is 85.6 Å². The number of carboxylic acids is 2. The SMILES string of the molecule is CCC(=O)N[C@@H](Cc1ccc(O)cc1)C(=O)C[C@@H](C)C(=O)N[C@@H](Cc1ccccc1)C(=O)C[C@H](C(=O)N[C@@H](CCC(=O)O)C(=O)C[C@@H](Cc1ccc(O)cc1)C(=O)O)[C@@H](C)CC. The number of phenols is 2. The predicted octanol–water partition coefficient (Wildman–Crippen LogP) is 4.73. The van der Waals surface area contributed by atoms with E-state index >= 15 is 0 Å². The quantitative estimate of drug-likeness (QED) is 0.0550. The van der Waals surface area contributed by atoms with Gasteiger partial charge in [0.15, 0.2) is 17.3 Å². The molecule has 0 saturated carbocycles. The molecule has 3 aromatic carbocycles. The molecule has 3 amide bonds. The Bertz CT molecular complexity index is 2000. The largest absolute Gasteiger partial charge is 0.508 e. The second kappa shape index (κ2) is 24.8. The van der Waals surface area contributed by atoms with Crippen LogP contribution in [0.2, 0.25) is 0 Å². The van der Waals surface area contributed by atoms with Gasteiger partial charge in [0.2, 0.25) is 17.7 Å². The highest BCUT2D eigenvalue weighted by atomic mass is 16.4. The first-order chi connectivity index (χ1) is 29.4. The molecule has 0 aliphatic rings. The monoisotopic (exact) mass is 857 g/mol. The topological polar surface area (TPSA) is 254 Å². The van der Waals surface area contributed by atoms with Gasteiger partial charge in [-0.1, -0.05) is 88.7 Å². The number of amides is 3. The van der Waals surface area contributed by atoms with Crippen molar-refractivity contribution in [3.8, 4) is 11.5 Å². The maximum absolute atomic E-state index is 14.3. The summed E-state index contributed by atoms with van der Waals surface area (Å²) >= 11 is 0. The Hall–Kier alpha value is -6.38.